The zero-order valence-corrected chi connectivity index (χ0v) is 10.2. The Morgan fingerprint density at radius 3 is 2.35 bits per heavy atom. The van der Waals surface area contributed by atoms with Crippen molar-refractivity contribution in [1.82, 2.24) is 4.90 Å². The zero-order chi connectivity index (χ0) is 12.9. The summed E-state index contributed by atoms with van der Waals surface area (Å²) in [4.78, 5) is 2.06. The molecule has 1 fully saturated rings. The normalized spacial score (nSPS) is 21.7. The number of halogens is 3. The number of rotatable bonds is 5. The molecule has 1 atom stereocenters. The molecule has 0 aromatic rings. The average Bonchev–Trinajstić information content (AvgIpc) is 2.30. The number of methoxy groups -OCH3 is 1. The van der Waals surface area contributed by atoms with Crippen LogP contribution in [0.15, 0.2) is 0 Å². The molecule has 1 unspecified atom stereocenters. The van der Waals surface area contributed by atoms with Gasteiger partial charge in [-0.25, -0.2) is 0 Å². The van der Waals surface area contributed by atoms with Crippen molar-refractivity contribution in [1.29, 1.82) is 0 Å². The number of nitrogens with zero attached hydrogens (tertiary/aromatic N) is 1. The molecule has 1 rings (SSSR count). The van der Waals surface area contributed by atoms with Crippen LogP contribution in [-0.2, 0) is 4.74 Å². The Hall–Kier alpha value is -0.330. The Labute approximate surface area is 100 Å². The lowest BCUT2D eigenvalue weighted by Gasteiger charge is -2.33. The predicted molar refractivity (Wildman–Crippen MR) is 59.7 cm³/mol. The smallest absolute Gasteiger partial charge is 0.380 e. The molecule has 0 spiro atoms. The second kappa shape index (κ2) is 6.56. The van der Waals surface area contributed by atoms with E-state index in [1.54, 1.807) is 7.11 Å². The van der Waals surface area contributed by atoms with E-state index >= 15 is 0 Å². The van der Waals surface area contributed by atoms with E-state index in [9.17, 15) is 13.2 Å². The minimum Gasteiger partial charge on any atom is -0.380 e. The molecule has 102 valence electrons. The van der Waals surface area contributed by atoms with Gasteiger partial charge in [-0.05, 0) is 32.4 Å². The van der Waals surface area contributed by atoms with Gasteiger partial charge in [0.2, 0.25) is 0 Å². The van der Waals surface area contributed by atoms with E-state index in [0.717, 1.165) is 13.0 Å². The van der Waals surface area contributed by atoms with E-state index in [0.29, 0.717) is 19.6 Å². The van der Waals surface area contributed by atoms with E-state index in [1.165, 1.54) is 0 Å². The molecular formula is C11H21F3N2O. The summed E-state index contributed by atoms with van der Waals surface area (Å²) in [7, 11) is 1.60. The summed E-state index contributed by atoms with van der Waals surface area (Å²) < 4.78 is 42.4. The number of likely N-dealkylation sites (tertiary alicyclic amines) is 1. The van der Waals surface area contributed by atoms with Crippen molar-refractivity contribution >= 4 is 0 Å². The standard InChI is InChI=1S/C11H21F3N2O/c1-17-10(8-15)4-7-16-5-2-9(3-6-16)11(12,13)14/h9-10H,2-8,15H2,1H3. The van der Waals surface area contributed by atoms with Crippen molar-refractivity contribution in [3.8, 4) is 0 Å². The SMILES string of the molecule is COC(CN)CCN1CCC(C(F)(F)F)CC1. The summed E-state index contributed by atoms with van der Waals surface area (Å²) >= 11 is 0. The Bertz CT molecular complexity index is 211. The largest absolute Gasteiger partial charge is 0.391 e. The van der Waals surface area contributed by atoms with Crippen molar-refractivity contribution < 1.29 is 17.9 Å². The molecule has 6 heteroatoms. The average molecular weight is 254 g/mol. The van der Waals surface area contributed by atoms with Crippen molar-refractivity contribution in [3.63, 3.8) is 0 Å². The van der Waals surface area contributed by atoms with Gasteiger partial charge in [-0.3, -0.25) is 0 Å². The van der Waals surface area contributed by atoms with Gasteiger partial charge in [-0.15, -0.1) is 0 Å². The first-order valence-corrected chi connectivity index (χ1v) is 5.99. The third-order valence-electron chi connectivity index (χ3n) is 3.41. The Balaban J connectivity index is 2.23. The maximum atomic E-state index is 12.4. The molecule has 0 aliphatic carbocycles. The van der Waals surface area contributed by atoms with Crippen LogP contribution in [0.2, 0.25) is 0 Å². The molecule has 1 aliphatic rings. The molecule has 1 aliphatic heterocycles. The fourth-order valence-electron chi connectivity index (χ4n) is 2.14. The number of hydrogen-bond acceptors (Lipinski definition) is 3. The quantitative estimate of drug-likeness (QED) is 0.810. The Kier molecular flexibility index (Phi) is 5.69. The van der Waals surface area contributed by atoms with Gasteiger partial charge in [0.15, 0.2) is 0 Å². The van der Waals surface area contributed by atoms with Crippen LogP contribution in [0.5, 0.6) is 0 Å². The van der Waals surface area contributed by atoms with Crippen molar-refractivity contribution in [3.05, 3.63) is 0 Å². The highest BCUT2D eigenvalue weighted by molar-refractivity contribution is 4.77. The monoisotopic (exact) mass is 254 g/mol. The second-order valence-corrected chi connectivity index (χ2v) is 4.54. The van der Waals surface area contributed by atoms with Gasteiger partial charge < -0.3 is 15.4 Å². The van der Waals surface area contributed by atoms with Crippen LogP contribution in [-0.4, -0.2) is 50.5 Å². The van der Waals surface area contributed by atoms with Crippen LogP contribution >= 0.6 is 0 Å². The van der Waals surface area contributed by atoms with Crippen molar-refractivity contribution in [2.45, 2.75) is 31.5 Å². The summed E-state index contributed by atoms with van der Waals surface area (Å²) in [6.45, 7) is 2.26. The highest BCUT2D eigenvalue weighted by atomic mass is 19.4. The fraction of sp³-hybridized carbons (Fsp3) is 1.00. The third-order valence-corrected chi connectivity index (χ3v) is 3.41. The van der Waals surface area contributed by atoms with Gasteiger partial charge in [-0.1, -0.05) is 0 Å². The molecule has 0 saturated carbocycles. The van der Waals surface area contributed by atoms with Gasteiger partial charge in [0, 0.05) is 20.2 Å². The summed E-state index contributed by atoms with van der Waals surface area (Å²) in [5.41, 5.74) is 5.49. The highest BCUT2D eigenvalue weighted by Gasteiger charge is 2.40. The van der Waals surface area contributed by atoms with E-state index in [1.807, 2.05) is 0 Å². The number of alkyl halides is 3. The molecular weight excluding hydrogens is 233 g/mol. The summed E-state index contributed by atoms with van der Waals surface area (Å²) in [5.74, 6) is -1.12. The van der Waals surface area contributed by atoms with Gasteiger partial charge in [0.1, 0.15) is 0 Å². The number of nitrogens with two attached hydrogens (primary N) is 1. The van der Waals surface area contributed by atoms with E-state index < -0.39 is 12.1 Å². The molecule has 3 nitrogen and oxygen atoms in total. The minimum absolute atomic E-state index is 0.00957. The van der Waals surface area contributed by atoms with Crippen molar-refractivity contribution in [2.24, 2.45) is 11.7 Å². The molecule has 0 radical (unpaired) electrons. The molecule has 0 aromatic carbocycles. The van der Waals surface area contributed by atoms with Crippen molar-refractivity contribution in [2.75, 3.05) is 33.3 Å². The first-order valence-electron chi connectivity index (χ1n) is 5.99. The van der Waals surface area contributed by atoms with Crippen LogP contribution in [0.1, 0.15) is 19.3 Å². The van der Waals surface area contributed by atoms with E-state index in [4.69, 9.17) is 10.5 Å². The molecule has 0 aromatic heterocycles. The van der Waals surface area contributed by atoms with Crippen LogP contribution in [0.3, 0.4) is 0 Å². The number of piperidine rings is 1. The van der Waals surface area contributed by atoms with E-state index in [2.05, 4.69) is 4.90 Å². The Morgan fingerprint density at radius 2 is 1.94 bits per heavy atom. The molecule has 1 saturated heterocycles. The predicted octanol–water partition coefficient (Wildman–Crippen LogP) is 1.62. The first kappa shape index (κ1) is 14.7. The van der Waals surface area contributed by atoms with Gasteiger partial charge >= 0.3 is 6.18 Å². The van der Waals surface area contributed by atoms with Crippen LogP contribution in [0.4, 0.5) is 13.2 Å². The van der Waals surface area contributed by atoms with Gasteiger partial charge in [0.25, 0.3) is 0 Å². The highest BCUT2D eigenvalue weighted by Crippen LogP contribution is 2.34. The van der Waals surface area contributed by atoms with Crippen LogP contribution in [0.25, 0.3) is 0 Å². The lowest BCUT2D eigenvalue weighted by molar-refractivity contribution is -0.185. The topological polar surface area (TPSA) is 38.5 Å². The zero-order valence-electron chi connectivity index (χ0n) is 10.2. The summed E-state index contributed by atoms with van der Waals surface area (Å²) in [6, 6.07) is 0. The van der Waals surface area contributed by atoms with Gasteiger partial charge in [-0.2, -0.15) is 13.2 Å². The molecule has 1 heterocycles. The summed E-state index contributed by atoms with van der Waals surface area (Å²) in [5, 5.41) is 0. The number of ether oxygens (including phenoxy) is 1. The maximum absolute atomic E-state index is 12.4. The van der Waals surface area contributed by atoms with Crippen LogP contribution < -0.4 is 5.73 Å². The Morgan fingerprint density at radius 1 is 1.35 bits per heavy atom. The molecule has 17 heavy (non-hydrogen) atoms. The first-order chi connectivity index (χ1) is 7.97. The number of hydrogen-bond donors (Lipinski definition) is 1. The lowest BCUT2D eigenvalue weighted by atomic mass is 9.96. The maximum Gasteiger partial charge on any atom is 0.391 e. The second-order valence-electron chi connectivity index (χ2n) is 4.54. The van der Waals surface area contributed by atoms with Crippen LogP contribution in [0, 0.1) is 5.92 Å². The lowest BCUT2D eigenvalue weighted by Crippen LogP contribution is -2.40. The minimum atomic E-state index is -4.03. The fourth-order valence-corrected chi connectivity index (χ4v) is 2.14. The summed E-state index contributed by atoms with van der Waals surface area (Å²) in [6.07, 6.45) is -2.81. The molecule has 0 bridgehead atoms. The third kappa shape index (κ3) is 4.81. The van der Waals surface area contributed by atoms with E-state index in [-0.39, 0.29) is 18.9 Å². The molecule has 2 N–H and O–H groups in total. The van der Waals surface area contributed by atoms with Gasteiger partial charge in [0.05, 0.1) is 12.0 Å². The molecule has 0 amide bonds.